The van der Waals surface area contributed by atoms with E-state index in [0.29, 0.717) is 6.42 Å². The first-order chi connectivity index (χ1) is 7.77. The number of hydrogen-bond donors (Lipinski definition) is 1. The summed E-state index contributed by atoms with van der Waals surface area (Å²) in [4.78, 5) is 13.8. The number of hydrogen-bond acceptors (Lipinski definition) is 2. The maximum atomic E-state index is 11.8. The summed E-state index contributed by atoms with van der Waals surface area (Å²) in [5, 5.41) is 8.66. The number of aliphatic hydroxyl groups is 1. The Balaban J connectivity index is 2.17. The molecule has 0 spiro atoms. The summed E-state index contributed by atoms with van der Waals surface area (Å²) in [5.41, 5.74) is 0. The average Bonchev–Trinajstić information content (AvgIpc) is 2.30. The van der Waals surface area contributed by atoms with E-state index in [1.54, 1.807) is 0 Å². The lowest BCUT2D eigenvalue weighted by molar-refractivity contribution is -0.132. The molecular formula is C13H25NO2. The monoisotopic (exact) mass is 227 g/mol. The second-order valence-corrected chi connectivity index (χ2v) is 4.79. The van der Waals surface area contributed by atoms with Gasteiger partial charge in [0.2, 0.25) is 5.91 Å². The van der Waals surface area contributed by atoms with Gasteiger partial charge in [-0.3, -0.25) is 4.79 Å². The van der Waals surface area contributed by atoms with Crippen LogP contribution in [0.15, 0.2) is 0 Å². The Morgan fingerprint density at radius 1 is 1.31 bits per heavy atom. The van der Waals surface area contributed by atoms with E-state index in [2.05, 4.69) is 6.92 Å². The van der Waals surface area contributed by atoms with Gasteiger partial charge in [-0.1, -0.05) is 19.8 Å². The lowest BCUT2D eigenvalue weighted by Crippen LogP contribution is -2.38. The molecule has 0 atom stereocenters. The third-order valence-electron chi connectivity index (χ3n) is 3.46. The molecule has 16 heavy (non-hydrogen) atoms. The maximum absolute atomic E-state index is 11.8. The van der Waals surface area contributed by atoms with Gasteiger partial charge in [-0.05, 0) is 31.6 Å². The summed E-state index contributed by atoms with van der Waals surface area (Å²) in [5.74, 6) is 1.12. The number of carbonyl (C=O) groups excluding carboxylic acids is 1. The largest absolute Gasteiger partial charge is 0.396 e. The number of amides is 1. The molecule has 3 heteroatoms. The third kappa shape index (κ3) is 4.52. The fourth-order valence-corrected chi connectivity index (χ4v) is 2.43. The molecular weight excluding hydrogens is 202 g/mol. The molecule has 0 aromatic carbocycles. The standard InChI is InChI=1S/C13H25NO2/c1-2-5-12-7-9-14(10-8-12)13(16)6-3-4-11-15/h12,15H,2-11H2,1H3. The van der Waals surface area contributed by atoms with E-state index in [0.717, 1.165) is 31.8 Å². The Kier molecular flexibility index (Phi) is 6.46. The van der Waals surface area contributed by atoms with E-state index in [1.807, 2.05) is 4.90 Å². The smallest absolute Gasteiger partial charge is 0.222 e. The summed E-state index contributed by atoms with van der Waals surface area (Å²) in [6.45, 7) is 4.32. The van der Waals surface area contributed by atoms with Crippen LogP contribution in [0.4, 0.5) is 0 Å². The zero-order valence-corrected chi connectivity index (χ0v) is 10.5. The minimum Gasteiger partial charge on any atom is -0.396 e. The van der Waals surface area contributed by atoms with Crippen molar-refractivity contribution in [2.24, 2.45) is 5.92 Å². The summed E-state index contributed by atoms with van der Waals surface area (Å²) in [6.07, 6.45) is 7.11. The first-order valence-corrected chi connectivity index (χ1v) is 6.66. The summed E-state index contributed by atoms with van der Waals surface area (Å²) in [6, 6.07) is 0. The predicted octanol–water partition coefficient (Wildman–Crippen LogP) is 2.19. The molecule has 0 aromatic heterocycles. The number of unbranched alkanes of at least 4 members (excludes halogenated alkanes) is 1. The highest BCUT2D eigenvalue weighted by Gasteiger charge is 2.21. The summed E-state index contributed by atoms with van der Waals surface area (Å²) in [7, 11) is 0. The zero-order valence-electron chi connectivity index (χ0n) is 10.5. The van der Waals surface area contributed by atoms with E-state index >= 15 is 0 Å². The summed E-state index contributed by atoms with van der Waals surface area (Å²) < 4.78 is 0. The minimum atomic E-state index is 0.200. The molecule has 1 fully saturated rings. The van der Waals surface area contributed by atoms with E-state index < -0.39 is 0 Å². The Hall–Kier alpha value is -0.570. The van der Waals surface area contributed by atoms with E-state index in [1.165, 1.54) is 25.7 Å². The van der Waals surface area contributed by atoms with Gasteiger partial charge >= 0.3 is 0 Å². The molecule has 0 aliphatic carbocycles. The molecule has 0 aromatic rings. The highest BCUT2D eigenvalue weighted by Crippen LogP contribution is 2.22. The van der Waals surface area contributed by atoms with Crippen molar-refractivity contribution >= 4 is 5.91 Å². The molecule has 3 nitrogen and oxygen atoms in total. The third-order valence-corrected chi connectivity index (χ3v) is 3.46. The van der Waals surface area contributed by atoms with Crippen LogP contribution >= 0.6 is 0 Å². The number of carbonyl (C=O) groups is 1. The van der Waals surface area contributed by atoms with Gasteiger partial charge in [0.1, 0.15) is 0 Å². The van der Waals surface area contributed by atoms with Gasteiger partial charge in [-0.15, -0.1) is 0 Å². The number of likely N-dealkylation sites (tertiary alicyclic amines) is 1. The van der Waals surface area contributed by atoms with Crippen LogP contribution in [-0.2, 0) is 4.79 Å². The molecule has 0 saturated carbocycles. The number of rotatable bonds is 6. The van der Waals surface area contributed by atoms with Crippen LogP contribution in [0.3, 0.4) is 0 Å². The van der Waals surface area contributed by atoms with Gasteiger partial charge in [0, 0.05) is 26.1 Å². The molecule has 94 valence electrons. The van der Waals surface area contributed by atoms with Crippen molar-refractivity contribution in [2.45, 2.75) is 51.9 Å². The molecule has 1 heterocycles. The van der Waals surface area contributed by atoms with Crippen molar-refractivity contribution in [3.05, 3.63) is 0 Å². The van der Waals surface area contributed by atoms with Crippen molar-refractivity contribution in [1.82, 2.24) is 4.90 Å². The fraction of sp³-hybridized carbons (Fsp3) is 0.923. The predicted molar refractivity (Wildman–Crippen MR) is 65.1 cm³/mol. The molecule has 1 N–H and O–H groups in total. The molecule has 1 aliphatic heterocycles. The second-order valence-electron chi connectivity index (χ2n) is 4.79. The Labute approximate surface area is 98.8 Å². The van der Waals surface area contributed by atoms with Crippen LogP contribution in [0.2, 0.25) is 0 Å². The first kappa shape index (κ1) is 13.5. The Morgan fingerprint density at radius 3 is 2.56 bits per heavy atom. The van der Waals surface area contributed by atoms with Gasteiger partial charge in [0.25, 0.3) is 0 Å². The van der Waals surface area contributed by atoms with Crippen molar-refractivity contribution in [2.75, 3.05) is 19.7 Å². The Morgan fingerprint density at radius 2 is 2.00 bits per heavy atom. The SMILES string of the molecule is CCCC1CCN(C(=O)CCCCO)CC1. The first-order valence-electron chi connectivity index (χ1n) is 6.66. The van der Waals surface area contributed by atoms with Gasteiger partial charge in [0.05, 0.1) is 0 Å². The van der Waals surface area contributed by atoms with E-state index in [-0.39, 0.29) is 12.5 Å². The van der Waals surface area contributed by atoms with Crippen molar-refractivity contribution < 1.29 is 9.90 Å². The zero-order chi connectivity index (χ0) is 11.8. The minimum absolute atomic E-state index is 0.200. The second kappa shape index (κ2) is 7.66. The average molecular weight is 227 g/mol. The molecule has 0 unspecified atom stereocenters. The van der Waals surface area contributed by atoms with Gasteiger partial charge in [0.15, 0.2) is 0 Å². The molecule has 1 amide bonds. The van der Waals surface area contributed by atoms with Crippen LogP contribution in [0.5, 0.6) is 0 Å². The molecule has 0 bridgehead atoms. The van der Waals surface area contributed by atoms with Crippen LogP contribution in [0.1, 0.15) is 51.9 Å². The van der Waals surface area contributed by atoms with Gasteiger partial charge in [-0.25, -0.2) is 0 Å². The Bertz CT molecular complexity index is 198. The molecule has 0 radical (unpaired) electrons. The van der Waals surface area contributed by atoms with Crippen LogP contribution in [0.25, 0.3) is 0 Å². The normalized spacial score (nSPS) is 17.8. The van der Waals surface area contributed by atoms with Gasteiger partial charge < -0.3 is 10.0 Å². The number of aliphatic hydroxyl groups excluding tert-OH is 1. The van der Waals surface area contributed by atoms with Crippen molar-refractivity contribution in [3.8, 4) is 0 Å². The number of piperidine rings is 1. The van der Waals surface area contributed by atoms with Crippen molar-refractivity contribution in [1.29, 1.82) is 0 Å². The quantitative estimate of drug-likeness (QED) is 0.707. The maximum Gasteiger partial charge on any atom is 0.222 e. The lowest BCUT2D eigenvalue weighted by atomic mass is 9.92. The number of nitrogens with zero attached hydrogens (tertiary/aromatic N) is 1. The van der Waals surface area contributed by atoms with Crippen LogP contribution < -0.4 is 0 Å². The van der Waals surface area contributed by atoms with Crippen LogP contribution in [-0.4, -0.2) is 35.6 Å². The molecule has 1 aliphatic rings. The van der Waals surface area contributed by atoms with Crippen LogP contribution in [0, 0.1) is 5.92 Å². The lowest BCUT2D eigenvalue weighted by Gasteiger charge is -2.32. The van der Waals surface area contributed by atoms with E-state index in [4.69, 9.17) is 5.11 Å². The summed E-state index contributed by atoms with van der Waals surface area (Å²) >= 11 is 0. The van der Waals surface area contributed by atoms with Crippen molar-refractivity contribution in [3.63, 3.8) is 0 Å². The molecule has 1 rings (SSSR count). The van der Waals surface area contributed by atoms with Gasteiger partial charge in [-0.2, -0.15) is 0 Å². The fourth-order valence-electron chi connectivity index (χ4n) is 2.43. The molecule has 1 saturated heterocycles. The highest BCUT2D eigenvalue weighted by atomic mass is 16.3. The highest BCUT2D eigenvalue weighted by molar-refractivity contribution is 5.76. The topological polar surface area (TPSA) is 40.5 Å². The van der Waals surface area contributed by atoms with E-state index in [9.17, 15) is 4.79 Å².